The van der Waals surface area contributed by atoms with Gasteiger partial charge in [-0.25, -0.2) is 0 Å². The lowest BCUT2D eigenvalue weighted by Crippen LogP contribution is -2.12. The number of allylic oxidation sites excluding steroid dienone is 1. The second-order valence-electron chi connectivity index (χ2n) is 2.41. The van der Waals surface area contributed by atoms with Crippen LogP contribution < -0.4 is 0 Å². The van der Waals surface area contributed by atoms with Crippen LogP contribution in [0.5, 0.6) is 0 Å². The van der Waals surface area contributed by atoms with E-state index in [1.54, 1.807) is 6.26 Å². The number of ether oxygens (including phenoxy) is 2. The van der Waals surface area contributed by atoms with Gasteiger partial charge in [-0.05, 0) is 0 Å². The van der Waals surface area contributed by atoms with Crippen molar-refractivity contribution in [3.05, 3.63) is 35.8 Å². The molecular weight excluding hydrogens is 130 g/mol. The summed E-state index contributed by atoms with van der Waals surface area (Å²) in [6.45, 7) is 0.617. The number of epoxide rings is 1. The predicted octanol–water partition coefficient (Wildman–Crippen LogP) is 0.887. The molecule has 0 aromatic heterocycles. The lowest BCUT2D eigenvalue weighted by molar-refractivity contribution is 0.201. The van der Waals surface area contributed by atoms with Crippen molar-refractivity contribution >= 4 is 0 Å². The van der Waals surface area contributed by atoms with Crippen LogP contribution in [-0.2, 0) is 9.47 Å². The van der Waals surface area contributed by atoms with Crippen molar-refractivity contribution in [1.29, 1.82) is 0 Å². The number of rotatable bonds is 0. The van der Waals surface area contributed by atoms with Gasteiger partial charge in [-0.2, -0.15) is 0 Å². The lowest BCUT2D eigenvalue weighted by Gasteiger charge is -2.10. The Morgan fingerprint density at radius 3 is 3.40 bits per heavy atom. The van der Waals surface area contributed by atoms with E-state index < -0.39 is 0 Å². The Balaban J connectivity index is 2.13. The number of nitrogens with zero attached hydrogens (tertiary/aromatic N) is 1. The van der Waals surface area contributed by atoms with Gasteiger partial charge < -0.3 is 14.4 Å². The van der Waals surface area contributed by atoms with E-state index in [1.807, 2.05) is 17.2 Å². The minimum Gasteiger partial charge on any atom is -0.478 e. The van der Waals surface area contributed by atoms with E-state index in [-0.39, 0.29) is 0 Å². The van der Waals surface area contributed by atoms with Crippen LogP contribution in [0.25, 0.3) is 0 Å². The summed E-state index contributed by atoms with van der Waals surface area (Å²) in [6, 6.07) is 0. The molecule has 0 atom stereocenters. The van der Waals surface area contributed by atoms with Crippen LogP contribution in [0.3, 0.4) is 0 Å². The normalized spacial score (nSPS) is 24.8. The summed E-state index contributed by atoms with van der Waals surface area (Å²) >= 11 is 0. The Labute approximate surface area is 57.8 Å². The highest BCUT2D eigenvalue weighted by atomic mass is 16.6. The first-order valence-electron chi connectivity index (χ1n) is 3.14. The fourth-order valence-corrected chi connectivity index (χ4v) is 1.13. The fourth-order valence-electron chi connectivity index (χ4n) is 1.13. The third kappa shape index (κ3) is 0.409. The second kappa shape index (κ2) is 1.21. The molecule has 1 saturated heterocycles. The lowest BCUT2D eigenvalue weighted by atomic mass is 10.3. The topological polar surface area (TPSA) is 25.0 Å². The number of hydrogen-bond acceptors (Lipinski definition) is 3. The zero-order valence-electron chi connectivity index (χ0n) is 5.20. The van der Waals surface area contributed by atoms with E-state index in [4.69, 9.17) is 9.47 Å². The SMILES string of the molecule is C1=C2OC2=CN2COC=C12. The Kier molecular flexibility index (Phi) is 0.537. The van der Waals surface area contributed by atoms with Gasteiger partial charge in [0.2, 0.25) is 0 Å². The summed E-state index contributed by atoms with van der Waals surface area (Å²) < 4.78 is 10.2. The fraction of sp³-hybridized carbons (Fsp3) is 0.143. The summed E-state index contributed by atoms with van der Waals surface area (Å²) in [5.74, 6) is 1.95. The predicted molar refractivity (Wildman–Crippen MR) is 33.1 cm³/mol. The Morgan fingerprint density at radius 2 is 2.40 bits per heavy atom. The van der Waals surface area contributed by atoms with Gasteiger partial charge in [0, 0.05) is 6.08 Å². The molecule has 3 heteroatoms. The van der Waals surface area contributed by atoms with Crippen molar-refractivity contribution in [2.75, 3.05) is 6.73 Å². The molecule has 0 aliphatic carbocycles. The van der Waals surface area contributed by atoms with E-state index in [1.165, 1.54) is 0 Å². The third-order valence-corrected chi connectivity index (χ3v) is 1.72. The molecule has 0 bridgehead atoms. The maximum absolute atomic E-state index is 5.10. The van der Waals surface area contributed by atoms with Crippen molar-refractivity contribution in [3.8, 4) is 0 Å². The van der Waals surface area contributed by atoms with Gasteiger partial charge >= 0.3 is 0 Å². The summed E-state index contributed by atoms with van der Waals surface area (Å²) in [7, 11) is 0. The molecular formula is C7H5NO2. The zero-order chi connectivity index (χ0) is 6.55. The third-order valence-electron chi connectivity index (χ3n) is 1.72. The summed E-state index contributed by atoms with van der Waals surface area (Å²) in [5, 5.41) is 0. The molecule has 0 N–H and O–H groups in total. The Morgan fingerprint density at radius 1 is 1.40 bits per heavy atom. The van der Waals surface area contributed by atoms with Crippen LogP contribution in [0.15, 0.2) is 35.8 Å². The van der Waals surface area contributed by atoms with E-state index in [0.29, 0.717) is 6.73 Å². The molecule has 3 rings (SSSR count). The minimum absolute atomic E-state index is 0.617. The molecule has 0 unspecified atom stereocenters. The standard InChI is InChI=1S/C7H5NO2/c1-5-3-9-4-8(5)2-7-6(1)10-7/h1-3H,4H2. The van der Waals surface area contributed by atoms with Crippen LogP contribution >= 0.6 is 0 Å². The molecule has 0 aromatic rings. The highest BCUT2D eigenvalue weighted by Gasteiger charge is 2.32. The van der Waals surface area contributed by atoms with Gasteiger partial charge in [-0.1, -0.05) is 0 Å². The van der Waals surface area contributed by atoms with Crippen LogP contribution in [-0.4, -0.2) is 11.6 Å². The Hall–Kier alpha value is -1.38. The number of hydrogen-bond donors (Lipinski definition) is 0. The maximum atomic E-state index is 5.10. The molecule has 0 aromatic carbocycles. The number of fused-ring (bicyclic) bond motifs is 2. The first-order valence-corrected chi connectivity index (χ1v) is 3.14. The molecule has 50 valence electrons. The van der Waals surface area contributed by atoms with Crippen LogP contribution in [0.2, 0.25) is 0 Å². The van der Waals surface area contributed by atoms with Crippen LogP contribution in [0.4, 0.5) is 0 Å². The molecule has 1 fully saturated rings. The minimum atomic E-state index is 0.617. The first-order chi connectivity index (χ1) is 4.93. The smallest absolute Gasteiger partial charge is 0.186 e. The van der Waals surface area contributed by atoms with Gasteiger partial charge in [0.15, 0.2) is 18.2 Å². The molecule has 0 saturated carbocycles. The van der Waals surface area contributed by atoms with E-state index in [9.17, 15) is 0 Å². The molecule has 10 heavy (non-hydrogen) atoms. The van der Waals surface area contributed by atoms with E-state index in [0.717, 1.165) is 17.2 Å². The molecule has 3 aliphatic rings. The summed E-state index contributed by atoms with van der Waals surface area (Å²) in [4.78, 5) is 2.01. The molecule has 3 nitrogen and oxygen atoms in total. The van der Waals surface area contributed by atoms with Crippen molar-refractivity contribution < 1.29 is 9.47 Å². The van der Waals surface area contributed by atoms with Crippen molar-refractivity contribution in [1.82, 2.24) is 4.90 Å². The highest BCUT2D eigenvalue weighted by Crippen LogP contribution is 2.39. The van der Waals surface area contributed by atoms with Gasteiger partial charge in [0.1, 0.15) is 6.26 Å². The zero-order valence-corrected chi connectivity index (χ0v) is 5.20. The average molecular weight is 135 g/mol. The van der Waals surface area contributed by atoms with Crippen molar-refractivity contribution in [3.63, 3.8) is 0 Å². The van der Waals surface area contributed by atoms with Gasteiger partial charge in [0.25, 0.3) is 0 Å². The van der Waals surface area contributed by atoms with E-state index in [2.05, 4.69) is 0 Å². The van der Waals surface area contributed by atoms with Gasteiger partial charge in [-0.3, -0.25) is 0 Å². The maximum Gasteiger partial charge on any atom is 0.186 e. The summed E-state index contributed by atoms with van der Waals surface area (Å²) in [6.07, 6.45) is 5.67. The second-order valence-corrected chi connectivity index (χ2v) is 2.41. The Bertz CT molecular complexity index is 288. The molecule has 0 amide bonds. The highest BCUT2D eigenvalue weighted by molar-refractivity contribution is 5.45. The van der Waals surface area contributed by atoms with Crippen LogP contribution in [0.1, 0.15) is 0 Å². The summed E-state index contributed by atoms with van der Waals surface area (Å²) in [5.41, 5.74) is 1.08. The van der Waals surface area contributed by atoms with E-state index >= 15 is 0 Å². The molecule has 3 heterocycles. The average Bonchev–Trinajstić information content (AvgIpc) is 2.52. The molecule has 3 aliphatic heterocycles. The molecule has 0 spiro atoms. The van der Waals surface area contributed by atoms with Crippen molar-refractivity contribution in [2.45, 2.75) is 0 Å². The molecule has 0 radical (unpaired) electrons. The van der Waals surface area contributed by atoms with Gasteiger partial charge in [0.05, 0.1) is 11.9 Å². The van der Waals surface area contributed by atoms with Gasteiger partial charge in [-0.15, -0.1) is 0 Å². The quantitative estimate of drug-likeness (QED) is 0.461. The first kappa shape index (κ1) is 4.44. The largest absolute Gasteiger partial charge is 0.478 e. The van der Waals surface area contributed by atoms with Crippen molar-refractivity contribution in [2.24, 2.45) is 0 Å². The van der Waals surface area contributed by atoms with Crippen LogP contribution in [0, 0.1) is 0 Å². The monoisotopic (exact) mass is 135 g/mol.